The monoisotopic (exact) mass is 273 g/mol. The lowest BCUT2D eigenvalue weighted by Gasteiger charge is -2.05. The van der Waals surface area contributed by atoms with E-state index in [0.29, 0.717) is 11.1 Å². The van der Waals surface area contributed by atoms with Crippen LogP contribution in [0, 0.1) is 0 Å². The molecule has 5 heteroatoms. The van der Waals surface area contributed by atoms with Crippen LogP contribution in [0.15, 0.2) is 12.5 Å². The number of nitrogens with zero attached hydrogens (tertiary/aromatic N) is 2. The molecular weight excluding hydrogens is 265 g/mol. The molecule has 0 spiro atoms. The van der Waals surface area contributed by atoms with Crippen LogP contribution in [0.1, 0.15) is 18.4 Å². The molecule has 0 bridgehead atoms. The third-order valence-electron chi connectivity index (χ3n) is 2.22. The first-order valence-corrected chi connectivity index (χ1v) is 5.77. The highest BCUT2D eigenvalue weighted by molar-refractivity contribution is 9.09. The molecule has 3 nitrogen and oxygen atoms in total. The predicted octanol–water partition coefficient (Wildman–Crippen LogP) is 3.11. The minimum Gasteiger partial charge on any atom is -0.346 e. The van der Waals surface area contributed by atoms with Gasteiger partial charge in [-0.25, -0.2) is 9.97 Å². The Bertz CT molecular complexity index is 454. The van der Waals surface area contributed by atoms with Crippen LogP contribution in [0.2, 0.25) is 5.15 Å². The third kappa shape index (κ3) is 1.53. The molecule has 1 N–H and O–H groups in total. The molecule has 0 aliphatic heterocycles. The fourth-order valence-corrected chi connectivity index (χ4v) is 2.01. The molecule has 1 unspecified atom stereocenters. The van der Waals surface area contributed by atoms with Crippen molar-refractivity contribution in [3.63, 3.8) is 0 Å². The standard InChI is InChI=1S/C9H9BrClN3/c1-5(2-10)6-3-12-9-7(6)8(11)13-4-14-9/h3-5H,2H2,1H3,(H,12,13,14). The molecule has 0 fully saturated rings. The summed E-state index contributed by atoms with van der Waals surface area (Å²) in [6, 6.07) is 0. The van der Waals surface area contributed by atoms with Gasteiger partial charge in [0, 0.05) is 11.5 Å². The van der Waals surface area contributed by atoms with Crippen molar-refractivity contribution in [3.05, 3.63) is 23.2 Å². The van der Waals surface area contributed by atoms with Gasteiger partial charge in [-0.2, -0.15) is 0 Å². The van der Waals surface area contributed by atoms with Gasteiger partial charge in [-0.3, -0.25) is 0 Å². The molecule has 0 saturated heterocycles. The van der Waals surface area contributed by atoms with E-state index in [4.69, 9.17) is 11.6 Å². The zero-order valence-corrected chi connectivity index (χ0v) is 9.93. The SMILES string of the molecule is CC(CBr)c1c[nH]c2ncnc(Cl)c12. The Morgan fingerprint density at radius 3 is 3.07 bits per heavy atom. The van der Waals surface area contributed by atoms with Gasteiger partial charge in [0.15, 0.2) is 0 Å². The highest BCUT2D eigenvalue weighted by Crippen LogP contribution is 2.29. The van der Waals surface area contributed by atoms with Crippen molar-refractivity contribution in [3.8, 4) is 0 Å². The van der Waals surface area contributed by atoms with Gasteiger partial charge in [0.25, 0.3) is 0 Å². The normalized spacial score (nSPS) is 13.4. The number of fused-ring (bicyclic) bond motifs is 1. The van der Waals surface area contributed by atoms with E-state index in [1.807, 2.05) is 6.20 Å². The predicted molar refractivity (Wildman–Crippen MR) is 61.1 cm³/mol. The van der Waals surface area contributed by atoms with Crippen molar-refractivity contribution in [2.45, 2.75) is 12.8 Å². The summed E-state index contributed by atoms with van der Waals surface area (Å²) in [5, 5.41) is 2.34. The number of hydrogen-bond acceptors (Lipinski definition) is 2. The second-order valence-corrected chi connectivity index (χ2v) is 4.19. The number of H-pyrrole nitrogens is 1. The average Bonchev–Trinajstić information content (AvgIpc) is 2.62. The lowest BCUT2D eigenvalue weighted by molar-refractivity contribution is 0.897. The Labute approximate surface area is 95.0 Å². The fourth-order valence-electron chi connectivity index (χ4n) is 1.42. The molecule has 0 amide bonds. The number of aromatic nitrogens is 3. The number of halogens is 2. The number of rotatable bonds is 2. The maximum atomic E-state index is 6.02. The van der Waals surface area contributed by atoms with Gasteiger partial charge in [-0.15, -0.1) is 0 Å². The van der Waals surface area contributed by atoms with E-state index in [9.17, 15) is 0 Å². The van der Waals surface area contributed by atoms with Gasteiger partial charge < -0.3 is 4.98 Å². The number of aromatic amines is 1. The number of nitrogens with one attached hydrogen (secondary N) is 1. The molecule has 0 radical (unpaired) electrons. The highest BCUT2D eigenvalue weighted by Gasteiger charge is 2.13. The maximum absolute atomic E-state index is 6.02. The molecule has 2 heterocycles. The van der Waals surface area contributed by atoms with E-state index in [0.717, 1.165) is 21.9 Å². The van der Waals surface area contributed by atoms with Crippen LogP contribution in [0.5, 0.6) is 0 Å². The summed E-state index contributed by atoms with van der Waals surface area (Å²) in [7, 11) is 0. The summed E-state index contributed by atoms with van der Waals surface area (Å²) >= 11 is 9.47. The van der Waals surface area contributed by atoms with Crippen LogP contribution in [0.3, 0.4) is 0 Å². The second-order valence-electron chi connectivity index (χ2n) is 3.19. The smallest absolute Gasteiger partial charge is 0.142 e. The summed E-state index contributed by atoms with van der Waals surface area (Å²) in [4.78, 5) is 11.2. The lowest BCUT2D eigenvalue weighted by Crippen LogP contribution is -1.93. The molecule has 2 aromatic rings. The van der Waals surface area contributed by atoms with Crippen LogP contribution < -0.4 is 0 Å². The molecule has 2 aromatic heterocycles. The first-order chi connectivity index (χ1) is 6.74. The van der Waals surface area contributed by atoms with Crippen molar-refractivity contribution in [1.29, 1.82) is 0 Å². The topological polar surface area (TPSA) is 41.6 Å². The Balaban J connectivity index is 2.67. The van der Waals surface area contributed by atoms with Crippen LogP contribution >= 0.6 is 27.5 Å². The van der Waals surface area contributed by atoms with Crippen LogP contribution in [0.25, 0.3) is 11.0 Å². The Kier molecular flexibility index (Phi) is 2.74. The molecule has 0 aliphatic carbocycles. The molecule has 2 rings (SSSR count). The number of alkyl halides is 1. The van der Waals surface area contributed by atoms with Gasteiger partial charge in [0.1, 0.15) is 17.1 Å². The Morgan fingerprint density at radius 2 is 2.36 bits per heavy atom. The van der Waals surface area contributed by atoms with Gasteiger partial charge in [0.2, 0.25) is 0 Å². The van der Waals surface area contributed by atoms with E-state index < -0.39 is 0 Å². The van der Waals surface area contributed by atoms with Gasteiger partial charge in [-0.05, 0) is 11.5 Å². The second kappa shape index (κ2) is 3.87. The van der Waals surface area contributed by atoms with E-state index in [-0.39, 0.29) is 0 Å². The minimum absolute atomic E-state index is 0.396. The van der Waals surface area contributed by atoms with Crippen molar-refractivity contribution in [1.82, 2.24) is 15.0 Å². The van der Waals surface area contributed by atoms with E-state index in [1.54, 1.807) is 0 Å². The molecule has 1 atom stereocenters. The van der Waals surface area contributed by atoms with Gasteiger partial charge in [-0.1, -0.05) is 34.5 Å². The zero-order valence-electron chi connectivity index (χ0n) is 7.59. The van der Waals surface area contributed by atoms with Gasteiger partial charge >= 0.3 is 0 Å². The Morgan fingerprint density at radius 1 is 1.57 bits per heavy atom. The molecule has 74 valence electrons. The zero-order chi connectivity index (χ0) is 10.1. The van der Waals surface area contributed by atoms with Crippen LogP contribution in [-0.4, -0.2) is 20.3 Å². The molecule has 0 saturated carbocycles. The summed E-state index contributed by atoms with van der Waals surface area (Å²) in [5.41, 5.74) is 1.95. The summed E-state index contributed by atoms with van der Waals surface area (Å²) < 4.78 is 0. The van der Waals surface area contributed by atoms with E-state index in [2.05, 4.69) is 37.8 Å². The summed E-state index contributed by atoms with van der Waals surface area (Å²) in [5.74, 6) is 0.396. The summed E-state index contributed by atoms with van der Waals surface area (Å²) in [6.45, 7) is 2.13. The van der Waals surface area contributed by atoms with Crippen molar-refractivity contribution < 1.29 is 0 Å². The molecule has 14 heavy (non-hydrogen) atoms. The lowest BCUT2D eigenvalue weighted by atomic mass is 10.0. The molecule has 0 aromatic carbocycles. The first kappa shape index (κ1) is 9.93. The van der Waals surface area contributed by atoms with Crippen molar-refractivity contribution in [2.24, 2.45) is 0 Å². The average molecular weight is 275 g/mol. The fraction of sp³-hybridized carbons (Fsp3) is 0.333. The van der Waals surface area contributed by atoms with Crippen LogP contribution in [-0.2, 0) is 0 Å². The number of hydrogen-bond donors (Lipinski definition) is 1. The third-order valence-corrected chi connectivity index (χ3v) is 3.47. The minimum atomic E-state index is 0.396. The largest absolute Gasteiger partial charge is 0.346 e. The Hall–Kier alpha value is -0.610. The molecule has 0 aliphatic rings. The van der Waals surface area contributed by atoms with Crippen LogP contribution in [0.4, 0.5) is 0 Å². The van der Waals surface area contributed by atoms with Crippen molar-refractivity contribution in [2.75, 3.05) is 5.33 Å². The van der Waals surface area contributed by atoms with Gasteiger partial charge in [0.05, 0.1) is 5.39 Å². The maximum Gasteiger partial charge on any atom is 0.142 e. The van der Waals surface area contributed by atoms with E-state index in [1.165, 1.54) is 6.33 Å². The quantitative estimate of drug-likeness (QED) is 0.675. The highest BCUT2D eigenvalue weighted by atomic mass is 79.9. The van der Waals surface area contributed by atoms with Crippen molar-refractivity contribution >= 4 is 38.6 Å². The molecular formula is C9H9BrClN3. The summed E-state index contributed by atoms with van der Waals surface area (Å²) in [6.07, 6.45) is 3.40. The van der Waals surface area contributed by atoms with E-state index >= 15 is 0 Å². The first-order valence-electron chi connectivity index (χ1n) is 4.27.